The van der Waals surface area contributed by atoms with Crippen LogP contribution in [0.5, 0.6) is 5.75 Å². The summed E-state index contributed by atoms with van der Waals surface area (Å²) in [6.07, 6.45) is 0. The molecule has 0 aliphatic rings. The lowest BCUT2D eigenvalue weighted by atomic mass is 10.1. The monoisotopic (exact) mass is 516 g/mol. The van der Waals surface area contributed by atoms with E-state index in [9.17, 15) is 13.2 Å². The van der Waals surface area contributed by atoms with Gasteiger partial charge in [-0.15, -0.1) is 0 Å². The number of halogens is 1. The first-order valence-electron chi connectivity index (χ1n) is 10.0. The van der Waals surface area contributed by atoms with E-state index in [1.807, 2.05) is 61.5 Å². The van der Waals surface area contributed by atoms with Gasteiger partial charge in [0.25, 0.3) is 0 Å². The number of ether oxygens (including phenoxy) is 1. The SMILES string of the molecule is COc1ccc([C@@H](C)NC(=O)CN(Cc2ccccc2)S(=O)(=O)c2ccc(Br)cc2)cc1. The summed E-state index contributed by atoms with van der Waals surface area (Å²) in [5.41, 5.74) is 1.69. The molecule has 0 aliphatic carbocycles. The summed E-state index contributed by atoms with van der Waals surface area (Å²) < 4.78 is 33.8. The van der Waals surface area contributed by atoms with Gasteiger partial charge in [0.1, 0.15) is 5.75 Å². The molecule has 1 amide bonds. The maximum absolute atomic E-state index is 13.3. The molecule has 0 aromatic heterocycles. The summed E-state index contributed by atoms with van der Waals surface area (Å²) in [5, 5.41) is 2.89. The molecule has 32 heavy (non-hydrogen) atoms. The van der Waals surface area contributed by atoms with Crippen LogP contribution in [0.15, 0.2) is 88.2 Å². The van der Waals surface area contributed by atoms with Crippen LogP contribution in [0, 0.1) is 0 Å². The standard InChI is InChI=1S/C24H25BrN2O4S/c1-18(20-8-12-22(31-2)13-9-20)26-24(28)17-27(16-19-6-4-3-5-7-19)32(29,30)23-14-10-21(25)11-15-23/h3-15,18H,16-17H2,1-2H3,(H,26,28)/t18-/m1/s1. The number of hydrogen-bond acceptors (Lipinski definition) is 4. The van der Waals surface area contributed by atoms with Crippen molar-refractivity contribution in [3.63, 3.8) is 0 Å². The topological polar surface area (TPSA) is 75.7 Å². The summed E-state index contributed by atoms with van der Waals surface area (Å²) in [6, 6.07) is 22.7. The van der Waals surface area contributed by atoms with Gasteiger partial charge in [-0.2, -0.15) is 4.31 Å². The molecule has 1 atom stereocenters. The van der Waals surface area contributed by atoms with Gasteiger partial charge in [0.2, 0.25) is 15.9 Å². The summed E-state index contributed by atoms with van der Waals surface area (Å²) in [5.74, 6) is 0.340. The summed E-state index contributed by atoms with van der Waals surface area (Å²) >= 11 is 3.32. The van der Waals surface area contributed by atoms with Gasteiger partial charge in [-0.1, -0.05) is 58.4 Å². The Kier molecular flexibility index (Phi) is 8.06. The van der Waals surface area contributed by atoms with Crippen molar-refractivity contribution in [2.75, 3.05) is 13.7 Å². The molecule has 3 rings (SSSR count). The predicted molar refractivity (Wildman–Crippen MR) is 128 cm³/mol. The highest BCUT2D eigenvalue weighted by Gasteiger charge is 2.27. The lowest BCUT2D eigenvalue weighted by molar-refractivity contribution is -0.122. The van der Waals surface area contributed by atoms with Crippen LogP contribution in [-0.4, -0.2) is 32.3 Å². The highest BCUT2D eigenvalue weighted by atomic mass is 79.9. The molecule has 1 N–H and O–H groups in total. The quantitative estimate of drug-likeness (QED) is 0.453. The van der Waals surface area contributed by atoms with Crippen molar-refractivity contribution in [2.45, 2.75) is 24.4 Å². The molecule has 6 nitrogen and oxygen atoms in total. The van der Waals surface area contributed by atoms with Gasteiger partial charge in [-0.3, -0.25) is 4.79 Å². The molecule has 0 unspecified atom stereocenters. The summed E-state index contributed by atoms with van der Waals surface area (Å²) in [6.45, 7) is 1.64. The third-order valence-electron chi connectivity index (χ3n) is 4.97. The Morgan fingerprint density at radius 2 is 1.62 bits per heavy atom. The average molecular weight is 517 g/mol. The van der Waals surface area contributed by atoms with Gasteiger partial charge in [0.15, 0.2) is 0 Å². The zero-order valence-electron chi connectivity index (χ0n) is 17.9. The number of carbonyl (C=O) groups excluding carboxylic acids is 1. The second kappa shape index (κ2) is 10.8. The van der Waals surface area contributed by atoms with Crippen molar-refractivity contribution < 1.29 is 17.9 Å². The van der Waals surface area contributed by atoms with E-state index in [0.29, 0.717) is 0 Å². The van der Waals surface area contributed by atoms with E-state index >= 15 is 0 Å². The zero-order chi connectivity index (χ0) is 23.1. The Hall–Kier alpha value is -2.68. The molecule has 0 spiro atoms. The number of rotatable bonds is 9. The Labute approximate surface area is 197 Å². The first kappa shape index (κ1) is 24.0. The molecular weight excluding hydrogens is 492 g/mol. The first-order valence-corrected chi connectivity index (χ1v) is 12.3. The number of amides is 1. The van der Waals surface area contributed by atoms with E-state index in [2.05, 4.69) is 21.2 Å². The maximum Gasteiger partial charge on any atom is 0.243 e. The number of benzene rings is 3. The van der Waals surface area contributed by atoms with Gasteiger partial charge >= 0.3 is 0 Å². The predicted octanol–water partition coefficient (Wildman–Crippen LogP) is 4.53. The van der Waals surface area contributed by atoms with Gasteiger partial charge in [0, 0.05) is 11.0 Å². The van der Waals surface area contributed by atoms with Crippen molar-refractivity contribution in [1.29, 1.82) is 0 Å². The van der Waals surface area contributed by atoms with E-state index in [1.54, 1.807) is 19.2 Å². The van der Waals surface area contributed by atoms with Crippen LogP contribution in [0.3, 0.4) is 0 Å². The lowest BCUT2D eigenvalue weighted by Gasteiger charge is -2.23. The third kappa shape index (κ3) is 6.18. The van der Waals surface area contributed by atoms with Crippen molar-refractivity contribution in [1.82, 2.24) is 9.62 Å². The number of methoxy groups -OCH3 is 1. The van der Waals surface area contributed by atoms with Crippen LogP contribution in [0.1, 0.15) is 24.1 Å². The fraction of sp³-hybridized carbons (Fsp3) is 0.208. The van der Waals surface area contributed by atoms with Gasteiger partial charge in [-0.25, -0.2) is 8.42 Å². The fourth-order valence-electron chi connectivity index (χ4n) is 3.19. The smallest absolute Gasteiger partial charge is 0.243 e. The van der Waals surface area contributed by atoms with Crippen LogP contribution in [-0.2, 0) is 21.4 Å². The molecule has 0 aliphatic heterocycles. The van der Waals surface area contributed by atoms with E-state index in [1.165, 1.54) is 16.4 Å². The Morgan fingerprint density at radius 3 is 2.22 bits per heavy atom. The van der Waals surface area contributed by atoms with E-state index in [-0.39, 0.29) is 29.9 Å². The molecule has 0 saturated heterocycles. The molecule has 3 aromatic rings. The highest BCUT2D eigenvalue weighted by molar-refractivity contribution is 9.10. The van der Waals surface area contributed by atoms with Crippen molar-refractivity contribution in [2.24, 2.45) is 0 Å². The van der Waals surface area contributed by atoms with Crippen LogP contribution in [0.25, 0.3) is 0 Å². The molecule has 0 saturated carbocycles. The van der Waals surface area contributed by atoms with Gasteiger partial charge < -0.3 is 10.1 Å². The Morgan fingerprint density at radius 1 is 1.00 bits per heavy atom. The van der Waals surface area contributed by atoms with Crippen LogP contribution in [0.2, 0.25) is 0 Å². The second-order valence-corrected chi connectivity index (χ2v) is 10.1. The van der Waals surface area contributed by atoms with E-state index in [0.717, 1.165) is 21.3 Å². The minimum Gasteiger partial charge on any atom is -0.497 e. The highest BCUT2D eigenvalue weighted by Crippen LogP contribution is 2.21. The van der Waals surface area contributed by atoms with Crippen LogP contribution >= 0.6 is 15.9 Å². The minimum absolute atomic E-state index is 0.0869. The number of sulfonamides is 1. The number of carbonyl (C=O) groups is 1. The average Bonchev–Trinajstić information content (AvgIpc) is 2.79. The van der Waals surface area contributed by atoms with Crippen molar-refractivity contribution in [3.8, 4) is 5.75 Å². The molecule has 0 bridgehead atoms. The first-order chi connectivity index (χ1) is 15.3. The molecule has 8 heteroatoms. The second-order valence-electron chi connectivity index (χ2n) is 7.27. The molecule has 0 fully saturated rings. The number of hydrogen-bond donors (Lipinski definition) is 1. The lowest BCUT2D eigenvalue weighted by Crippen LogP contribution is -2.41. The largest absolute Gasteiger partial charge is 0.497 e. The molecular formula is C24H25BrN2O4S. The summed E-state index contributed by atoms with van der Waals surface area (Å²) in [4.78, 5) is 13.0. The Balaban J connectivity index is 1.79. The minimum atomic E-state index is -3.89. The van der Waals surface area contributed by atoms with Crippen molar-refractivity contribution >= 4 is 31.9 Å². The van der Waals surface area contributed by atoms with Gasteiger partial charge in [0.05, 0.1) is 24.6 Å². The molecule has 3 aromatic carbocycles. The maximum atomic E-state index is 13.3. The number of nitrogens with zero attached hydrogens (tertiary/aromatic N) is 1. The zero-order valence-corrected chi connectivity index (χ0v) is 20.3. The Bertz CT molecular complexity index is 1130. The molecule has 0 radical (unpaired) electrons. The molecule has 168 valence electrons. The van der Waals surface area contributed by atoms with Crippen molar-refractivity contribution in [3.05, 3.63) is 94.5 Å². The number of nitrogens with one attached hydrogen (secondary N) is 1. The van der Waals surface area contributed by atoms with Crippen LogP contribution in [0.4, 0.5) is 0 Å². The third-order valence-corrected chi connectivity index (χ3v) is 7.30. The van der Waals surface area contributed by atoms with E-state index < -0.39 is 10.0 Å². The fourth-order valence-corrected chi connectivity index (χ4v) is 4.84. The van der Waals surface area contributed by atoms with E-state index in [4.69, 9.17) is 4.74 Å². The molecule has 0 heterocycles. The normalized spacial score (nSPS) is 12.4. The van der Waals surface area contributed by atoms with Crippen LogP contribution < -0.4 is 10.1 Å². The summed E-state index contributed by atoms with van der Waals surface area (Å²) in [7, 11) is -2.29. The van der Waals surface area contributed by atoms with Gasteiger partial charge in [-0.05, 0) is 54.4 Å².